The second-order valence-corrected chi connectivity index (χ2v) is 4.71. The summed E-state index contributed by atoms with van der Waals surface area (Å²) >= 11 is 6.19. The van der Waals surface area contributed by atoms with Crippen molar-refractivity contribution in [1.29, 1.82) is 0 Å². The van der Waals surface area contributed by atoms with Crippen LogP contribution in [0.4, 0.5) is 0 Å². The molecule has 1 unspecified atom stereocenters. The Hall–Kier alpha value is -0.770. The molecule has 1 heterocycles. The fourth-order valence-corrected chi connectivity index (χ4v) is 2.66. The lowest BCUT2D eigenvalue weighted by molar-refractivity contribution is -0.131. The number of halogens is 2. The molecular formula is C13H18Cl2N2O. The molecule has 0 bridgehead atoms. The van der Waals surface area contributed by atoms with Crippen LogP contribution in [0.1, 0.15) is 30.9 Å². The quantitative estimate of drug-likeness (QED) is 0.930. The zero-order valence-electron chi connectivity index (χ0n) is 10.1. The molecule has 1 aromatic carbocycles. The van der Waals surface area contributed by atoms with E-state index in [1.54, 1.807) is 0 Å². The molecule has 0 aliphatic carbocycles. The van der Waals surface area contributed by atoms with Crippen molar-refractivity contribution in [3.8, 4) is 0 Å². The summed E-state index contributed by atoms with van der Waals surface area (Å²) in [6.45, 7) is 1.22. The molecule has 18 heavy (non-hydrogen) atoms. The van der Waals surface area contributed by atoms with Gasteiger partial charge in [0.15, 0.2) is 0 Å². The number of likely N-dealkylation sites (tertiary alicyclic amines) is 1. The average Bonchev–Trinajstić information content (AvgIpc) is 2.79. The molecule has 2 N–H and O–H groups in total. The topological polar surface area (TPSA) is 46.3 Å². The van der Waals surface area contributed by atoms with Crippen molar-refractivity contribution in [3.63, 3.8) is 0 Å². The molecule has 0 radical (unpaired) electrons. The molecule has 1 aliphatic rings. The molecule has 5 heteroatoms. The molecule has 1 atom stereocenters. The summed E-state index contributed by atoms with van der Waals surface area (Å²) in [5.74, 6) is 0.134. The Balaban J connectivity index is 0.00000162. The van der Waals surface area contributed by atoms with E-state index in [9.17, 15) is 4.79 Å². The number of hydrogen-bond donors (Lipinski definition) is 1. The summed E-state index contributed by atoms with van der Waals surface area (Å²) in [7, 11) is 0. The van der Waals surface area contributed by atoms with Crippen LogP contribution in [0.15, 0.2) is 24.3 Å². The molecule has 1 fully saturated rings. The van der Waals surface area contributed by atoms with Crippen LogP contribution in [-0.4, -0.2) is 23.9 Å². The molecule has 0 saturated carbocycles. The lowest BCUT2D eigenvalue weighted by Crippen LogP contribution is -2.32. The fraction of sp³-hybridized carbons (Fsp3) is 0.462. The first-order chi connectivity index (χ1) is 8.24. The minimum Gasteiger partial charge on any atom is -0.336 e. The number of carbonyl (C=O) groups excluding carboxylic acids is 1. The smallest absolute Gasteiger partial charge is 0.224 e. The highest BCUT2D eigenvalue weighted by atomic mass is 35.5. The van der Waals surface area contributed by atoms with E-state index in [1.807, 2.05) is 29.2 Å². The lowest BCUT2D eigenvalue weighted by Gasteiger charge is -2.25. The van der Waals surface area contributed by atoms with Gasteiger partial charge in [-0.15, -0.1) is 12.4 Å². The summed E-state index contributed by atoms with van der Waals surface area (Å²) in [6.07, 6.45) is 2.44. The minimum absolute atomic E-state index is 0. The Morgan fingerprint density at radius 2 is 2.17 bits per heavy atom. The van der Waals surface area contributed by atoms with Crippen molar-refractivity contribution >= 4 is 29.9 Å². The van der Waals surface area contributed by atoms with Gasteiger partial charge in [0.2, 0.25) is 5.91 Å². The normalized spacial score (nSPS) is 18.6. The Kier molecular flexibility index (Phi) is 5.93. The monoisotopic (exact) mass is 288 g/mol. The van der Waals surface area contributed by atoms with Crippen LogP contribution >= 0.6 is 24.0 Å². The number of carbonyl (C=O) groups is 1. The molecular weight excluding hydrogens is 271 g/mol. The Morgan fingerprint density at radius 1 is 1.44 bits per heavy atom. The van der Waals surface area contributed by atoms with Crippen LogP contribution in [0.25, 0.3) is 0 Å². The van der Waals surface area contributed by atoms with E-state index in [-0.39, 0.29) is 24.4 Å². The highest BCUT2D eigenvalue weighted by Gasteiger charge is 2.30. The van der Waals surface area contributed by atoms with Crippen molar-refractivity contribution in [2.75, 3.05) is 13.1 Å². The zero-order chi connectivity index (χ0) is 12.3. The van der Waals surface area contributed by atoms with Gasteiger partial charge in [-0.25, -0.2) is 0 Å². The lowest BCUT2D eigenvalue weighted by atomic mass is 10.0. The van der Waals surface area contributed by atoms with Gasteiger partial charge in [0.1, 0.15) is 0 Å². The molecule has 1 amide bonds. The van der Waals surface area contributed by atoms with Crippen molar-refractivity contribution in [1.82, 2.24) is 4.90 Å². The predicted molar refractivity (Wildman–Crippen MR) is 76.1 cm³/mol. The second kappa shape index (κ2) is 6.98. The number of benzene rings is 1. The summed E-state index contributed by atoms with van der Waals surface area (Å²) in [4.78, 5) is 13.9. The van der Waals surface area contributed by atoms with Gasteiger partial charge in [-0.2, -0.15) is 0 Å². The first kappa shape index (κ1) is 15.3. The standard InChI is InChI=1S/C13H17ClN2O.ClH/c14-11-5-2-1-4-10(11)12-6-3-9-16(12)13(17)7-8-15;/h1-2,4-5,12H,3,6-9,15H2;1H. The number of rotatable bonds is 3. The van der Waals surface area contributed by atoms with E-state index in [0.717, 1.165) is 30.0 Å². The summed E-state index contributed by atoms with van der Waals surface area (Å²) < 4.78 is 0. The average molecular weight is 289 g/mol. The van der Waals surface area contributed by atoms with E-state index < -0.39 is 0 Å². The molecule has 2 rings (SSSR count). The van der Waals surface area contributed by atoms with E-state index in [1.165, 1.54) is 0 Å². The third-order valence-corrected chi connectivity index (χ3v) is 3.54. The van der Waals surface area contributed by atoms with Gasteiger partial charge in [-0.1, -0.05) is 29.8 Å². The van der Waals surface area contributed by atoms with Gasteiger partial charge in [-0.3, -0.25) is 4.79 Å². The van der Waals surface area contributed by atoms with Crippen molar-refractivity contribution in [2.24, 2.45) is 5.73 Å². The largest absolute Gasteiger partial charge is 0.336 e. The summed E-state index contributed by atoms with van der Waals surface area (Å²) in [5, 5.41) is 0.741. The maximum absolute atomic E-state index is 11.9. The Bertz CT molecular complexity index is 412. The highest BCUT2D eigenvalue weighted by Crippen LogP contribution is 2.35. The minimum atomic E-state index is 0. The predicted octanol–water partition coefficient (Wildman–Crippen LogP) is 2.77. The SMILES string of the molecule is Cl.NCCC(=O)N1CCCC1c1ccccc1Cl. The molecule has 1 aromatic rings. The maximum atomic E-state index is 11.9. The van der Waals surface area contributed by atoms with Crippen molar-refractivity contribution in [2.45, 2.75) is 25.3 Å². The van der Waals surface area contributed by atoms with Gasteiger partial charge >= 0.3 is 0 Å². The zero-order valence-corrected chi connectivity index (χ0v) is 11.7. The first-order valence-corrected chi connectivity index (χ1v) is 6.36. The number of hydrogen-bond acceptors (Lipinski definition) is 2. The van der Waals surface area contributed by atoms with Gasteiger partial charge in [-0.05, 0) is 24.5 Å². The maximum Gasteiger partial charge on any atom is 0.224 e. The molecule has 1 aliphatic heterocycles. The Labute approximate surface area is 119 Å². The second-order valence-electron chi connectivity index (χ2n) is 4.31. The number of nitrogens with zero attached hydrogens (tertiary/aromatic N) is 1. The van der Waals surface area contributed by atoms with Gasteiger partial charge in [0.05, 0.1) is 6.04 Å². The van der Waals surface area contributed by atoms with Crippen LogP contribution < -0.4 is 5.73 Å². The van der Waals surface area contributed by atoms with E-state index in [2.05, 4.69) is 0 Å². The molecule has 1 saturated heterocycles. The first-order valence-electron chi connectivity index (χ1n) is 5.98. The molecule has 100 valence electrons. The third-order valence-electron chi connectivity index (χ3n) is 3.20. The third kappa shape index (κ3) is 3.16. The number of amides is 1. The fourth-order valence-electron chi connectivity index (χ4n) is 2.40. The summed E-state index contributed by atoms with van der Waals surface area (Å²) in [6, 6.07) is 7.88. The van der Waals surface area contributed by atoms with Crippen LogP contribution in [0.3, 0.4) is 0 Å². The Morgan fingerprint density at radius 3 is 2.83 bits per heavy atom. The van der Waals surface area contributed by atoms with Crippen LogP contribution in [-0.2, 0) is 4.79 Å². The van der Waals surface area contributed by atoms with Crippen molar-refractivity contribution < 1.29 is 4.79 Å². The van der Waals surface area contributed by atoms with Crippen LogP contribution in [0.2, 0.25) is 5.02 Å². The van der Waals surface area contributed by atoms with E-state index >= 15 is 0 Å². The number of nitrogens with two attached hydrogens (primary N) is 1. The van der Waals surface area contributed by atoms with Gasteiger partial charge in [0, 0.05) is 24.5 Å². The van der Waals surface area contributed by atoms with Gasteiger partial charge in [0.25, 0.3) is 0 Å². The van der Waals surface area contributed by atoms with Crippen molar-refractivity contribution in [3.05, 3.63) is 34.9 Å². The molecule has 0 spiro atoms. The van der Waals surface area contributed by atoms with E-state index in [4.69, 9.17) is 17.3 Å². The van der Waals surface area contributed by atoms with Crippen LogP contribution in [0.5, 0.6) is 0 Å². The summed E-state index contributed by atoms with van der Waals surface area (Å²) in [5.41, 5.74) is 6.49. The highest BCUT2D eigenvalue weighted by molar-refractivity contribution is 6.31. The molecule has 3 nitrogen and oxygen atoms in total. The van der Waals surface area contributed by atoms with Gasteiger partial charge < -0.3 is 10.6 Å². The van der Waals surface area contributed by atoms with E-state index in [0.29, 0.717) is 13.0 Å². The molecule has 0 aromatic heterocycles. The van der Waals surface area contributed by atoms with Crippen LogP contribution in [0, 0.1) is 0 Å².